The Hall–Kier alpha value is -0.490. The molecule has 0 spiro atoms. The average molecular weight is 260 g/mol. The van der Waals surface area contributed by atoms with Gasteiger partial charge in [-0.2, -0.15) is 0 Å². The van der Waals surface area contributed by atoms with Gasteiger partial charge >= 0.3 is 0 Å². The Morgan fingerprint density at radius 1 is 1.27 bits per heavy atom. The first-order chi connectivity index (χ1) is 7.24. The molecule has 0 saturated carbocycles. The van der Waals surface area contributed by atoms with Gasteiger partial charge in [0.1, 0.15) is 10.0 Å². The second-order valence-corrected chi connectivity index (χ2v) is 6.09. The van der Waals surface area contributed by atoms with Crippen LogP contribution in [0, 0.1) is 6.92 Å². The molecule has 2 rings (SSSR count). The fraction of sp³-hybridized carbons (Fsp3) is 0.333. The maximum atomic E-state index is 5.83. The first kappa shape index (κ1) is 11.0. The van der Waals surface area contributed by atoms with Crippen LogP contribution in [-0.2, 0) is 13.1 Å². The Labute approximate surface area is 101 Å². The van der Waals surface area contributed by atoms with E-state index in [2.05, 4.69) is 15.5 Å². The van der Waals surface area contributed by atoms with E-state index in [1.165, 1.54) is 4.88 Å². The normalized spacial score (nSPS) is 10.8. The molecule has 0 unspecified atom stereocenters. The first-order valence-corrected chi connectivity index (χ1v) is 6.49. The van der Waals surface area contributed by atoms with Crippen molar-refractivity contribution in [3.05, 3.63) is 31.4 Å². The van der Waals surface area contributed by atoms with E-state index >= 15 is 0 Å². The molecular formula is C9H10ClN3S2. The van der Waals surface area contributed by atoms with Crippen molar-refractivity contribution >= 4 is 34.3 Å². The van der Waals surface area contributed by atoms with Crippen molar-refractivity contribution in [2.75, 3.05) is 0 Å². The molecule has 0 amide bonds. The Kier molecular flexibility index (Phi) is 3.69. The molecule has 3 nitrogen and oxygen atoms in total. The number of nitrogens with zero attached hydrogens (tertiary/aromatic N) is 2. The average Bonchev–Trinajstić information content (AvgIpc) is 2.76. The van der Waals surface area contributed by atoms with E-state index in [4.69, 9.17) is 11.6 Å². The molecule has 80 valence electrons. The summed E-state index contributed by atoms with van der Waals surface area (Å²) >= 11 is 9.05. The number of halogens is 1. The summed E-state index contributed by atoms with van der Waals surface area (Å²) in [6.45, 7) is 3.55. The fourth-order valence-corrected chi connectivity index (χ4v) is 2.88. The lowest BCUT2D eigenvalue weighted by molar-refractivity contribution is 0.690. The summed E-state index contributed by atoms with van der Waals surface area (Å²) < 4.78 is 0.832. The van der Waals surface area contributed by atoms with E-state index in [0.717, 1.165) is 27.4 Å². The van der Waals surface area contributed by atoms with E-state index in [1.807, 2.05) is 19.1 Å². The van der Waals surface area contributed by atoms with Crippen LogP contribution in [0.15, 0.2) is 12.1 Å². The maximum Gasteiger partial charge on any atom is 0.131 e. The molecule has 0 radical (unpaired) electrons. The number of aryl methyl sites for hydroxylation is 1. The number of thiophene rings is 1. The smallest absolute Gasteiger partial charge is 0.131 e. The molecule has 2 aromatic heterocycles. The lowest BCUT2D eigenvalue weighted by atomic mass is 10.4. The van der Waals surface area contributed by atoms with Gasteiger partial charge in [-0.3, -0.25) is 0 Å². The van der Waals surface area contributed by atoms with Crippen molar-refractivity contribution in [2.45, 2.75) is 20.0 Å². The van der Waals surface area contributed by atoms with Gasteiger partial charge < -0.3 is 5.32 Å². The van der Waals surface area contributed by atoms with Crippen molar-refractivity contribution in [3.63, 3.8) is 0 Å². The zero-order valence-corrected chi connectivity index (χ0v) is 10.5. The number of aromatic nitrogens is 2. The minimum atomic E-state index is 0.765. The molecule has 0 saturated heterocycles. The van der Waals surface area contributed by atoms with E-state index in [-0.39, 0.29) is 0 Å². The lowest BCUT2D eigenvalue weighted by Crippen LogP contribution is -2.11. The van der Waals surface area contributed by atoms with Crippen LogP contribution in [0.3, 0.4) is 0 Å². The summed E-state index contributed by atoms with van der Waals surface area (Å²) in [5.41, 5.74) is 0. The topological polar surface area (TPSA) is 37.8 Å². The molecular weight excluding hydrogens is 250 g/mol. The molecule has 0 fully saturated rings. The van der Waals surface area contributed by atoms with Gasteiger partial charge in [0.25, 0.3) is 0 Å². The predicted molar refractivity (Wildman–Crippen MR) is 64.5 cm³/mol. The van der Waals surface area contributed by atoms with Gasteiger partial charge in [0, 0.05) is 11.4 Å². The van der Waals surface area contributed by atoms with Gasteiger partial charge in [-0.25, -0.2) is 0 Å². The third-order valence-electron chi connectivity index (χ3n) is 1.77. The molecule has 0 bridgehead atoms. The van der Waals surface area contributed by atoms with Crippen molar-refractivity contribution in [3.8, 4) is 0 Å². The van der Waals surface area contributed by atoms with Crippen LogP contribution in [0.4, 0.5) is 0 Å². The molecule has 0 aliphatic heterocycles. The number of rotatable bonds is 4. The molecule has 0 atom stereocenters. The van der Waals surface area contributed by atoms with E-state index in [0.29, 0.717) is 0 Å². The maximum absolute atomic E-state index is 5.83. The summed E-state index contributed by atoms with van der Waals surface area (Å²) in [7, 11) is 0. The Morgan fingerprint density at radius 3 is 2.73 bits per heavy atom. The molecule has 6 heteroatoms. The van der Waals surface area contributed by atoms with Gasteiger partial charge in [-0.05, 0) is 19.1 Å². The molecule has 15 heavy (non-hydrogen) atoms. The highest BCUT2D eigenvalue weighted by atomic mass is 35.5. The minimum Gasteiger partial charge on any atom is -0.305 e. The Balaban J connectivity index is 1.80. The van der Waals surface area contributed by atoms with Crippen LogP contribution in [-0.4, -0.2) is 10.2 Å². The molecule has 2 aromatic rings. The largest absolute Gasteiger partial charge is 0.305 e. The van der Waals surface area contributed by atoms with Gasteiger partial charge in [0.05, 0.1) is 10.9 Å². The minimum absolute atomic E-state index is 0.765. The highest BCUT2D eigenvalue weighted by Crippen LogP contribution is 2.21. The summed E-state index contributed by atoms with van der Waals surface area (Å²) in [6.07, 6.45) is 0. The van der Waals surface area contributed by atoms with Gasteiger partial charge in [0.2, 0.25) is 0 Å². The second kappa shape index (κ2) is 5.03. The summed E-state index contributed by atoms with van der Waals surface area (Å²) in [4.78, 5) is 1.24. The Bertz CT molecular complexity index is 398. The zero-order valence-electron chi connectivity index (χ0n) is 8.16. The number of nitrogens with one attached hydrogen (secondary N) is 1. The van der Waals surface area contributed by atoms with Crippen molar-refractivity contribution < 1.29 is 0 Å². The molecule has 2 heterocycles. The SMILES string of the molecule is Cc1nnc(CNCc2ccc(Cl)s2)s1. The Morgan fingerprint density at radius 2 is 2.13 bits per heavy atom. The summed E-state index contributed by atoms with van der Waals surface area (Å²) in [5, 5.41) is 13.3. The number of hydrogen-bond donors (Lipinski definition) is 1. The highest BCUT2D eigenvalue weighted by Gasteiger charge is 2.01. The molecule has 0 aliphatic carbocycles. The molecule has 1 N–H and O–H groups in total. The molecule has 0 aliphatic rings. The van der Waals surface area contributed by atoms with Gasteiger partial charge in [-0.15, -0.1) is 32.9 Å². The van der Waals surface area contributed by atoms with Crippen LogP contribution >= 0.6 is 34.3 Å². The predicted octanol–water partition coefficient (Wildman–Crippen LogP) is 2.85. The monoisotopic (exact) mass is 259 g/mol. The molecule has 0 aromatic carbocycles. The van der Waals surface area contributed by atoms with Crippen LogP contribution in [0.25, 0.3) is 0 Å². The summed E-state index contributed by atoms with van der Waals surface area (Å²) in [6, 6.07) is 3.95. The lowest BCUT2D eigenvalue weighted by Gasteiger charge is -1.98. The standard InChI is InChI=1S/C9H10ClN3S2/c1-6-12-13-9(14-6)5-11-4-7-2-3-8(10)15-7/h2-3,11H,4-5H2,1H3. The van der Waals surface area contributed by atoms with E-state index in [1.54, 1.807) is 22.7 Å². The quantitative estimate of drug-likeness (QED) is 0.918. The van der Waals surface area contributed by atoms with Crippen molar-refractivity contribution in [1.82, 2.24) is 15.5 Å². The first-order valence-electron chi connectivity index (χ1n) is 4.48. The van der Waals surface area contributed by atoms with E-state index < -0.39 is 0 Å². The van der Waals surface area contributed by atoms with Crippen LogP contribution in [0.2, 0.25) is 4.34 Å². The van der Waals surface area contributed by atoms with Crippen molar-refractivity contribution in [1.29, 1.82) is 0 Å². The zero-order chi connectivity index (χ0) is 10.7. The third kappa shape index (κ3) is 3.24. The van der Waals surface area contributed by atoms with Crippen LogP contribution in [0.5, 0.6) is 0 Å². The van der Waals surface area contributed by atoms with Crippen molar-refractivity contribution in [2.24, 2.45) is 0 Å². The van der Waals surface area contributed by atoms with Crippen LogP contribution in [0.1, 0.15) is 14.9 Å². The van der Waals surface area contributed by atoms with Gasteiger partial charge in [-0.1, -0.05) is 11.6 Å². The highest BCUT2D eigenvalue weighted by molar-refractivity contribution is 7.16. The third-order valence-corrected chi connectivity index (χ3v) is 3.84. The summed E-state index contributed by atoms with van der Waals surface area (Å²) in [5.74, 6) is 0. The second-order valence-electron chi connectivity index (χ2n) is 3.02. The van der Waals surface area contributed by atoms with Gasteiger partial charge in [0.15, 0.2) is 0 Å². The van der Waals surface area contributed by atoms with Crippen LogP contribution < -0.4 is 5.32 Å². The number of hydrogen-bond acceptors (Lipinski definition) is 5. The fourth-order valence-electron chi connectivity index (χ4n) is 1.15. The van der Waals surface area contributed by atoms with E-state index in [9.17, 15) is 0 Å².